The first-order chi connectivity index (χ1) is 9.18. The van der Waals surface area contributed by atoms with Gasteiger partial charge in [-0.15, -0.1) is 0 Å². The fourth-order valence-electron chi connectivity index (χ4n) is 2.71. The fraction of sp³-hybridized carbons (Fsp3) is 0.600. The Labute approximate surface area is 114 Å². The van der Waals surface area contributed by atoms with Crippen LogP contribution in [0.1, 0.15) is 44.1 Å². The molecule has 4 heteroatoms. The number of rotatable bonds is 5. The van der Waals surface area contributed by atoms with E-state index in [2.05, 4.69) is 10.3 Å². The largest absolute Gasteiger partial charge is 0.356 e. The van der Waals surface area contributed by atoms with Crippen LogP contribution >= 0.6 is 0 Å². The van der Waals surface area contributed by atoms with E-state index in [0.29, 0.717) is 13.0 Å². The summed E-state index contributed by atoms with van der Waals surface area (Å²) in [6, 6.07) is 3.93. The third-order valence-corrected chi connectivity index (χ3v) is 3.82. The minimum Gasteiger partial charge on any atom is -0.356 e. The first-order valence-electron chi connectivity index (χ1n) is 7.12. The van der Waals surface area contributed by atoms with Crippen LogP contribution in [0.2, 0.25) is 0 Å². The Morgan fingerprint density at radius 3 is 2.84 bits per heavy atom. The quantitative estimate of drug-likeness (QED) is 0.849. The number of carbonyl (C=O) groups excluding carboxylic acids is 1. The van der Waals surface area contributed by atoms with Gasteiger partial charge in [-0.2, -0.15) is 0 Å². The van der Waals surface area contributed by atoms with Gasteiger partial charge in [0.15, 0.2) is 0 Å². The number of nitrogens with two attached hydrogens (primary N) is 1. The van der Waals surface area contributed by atoms with E-state index in [1.54, 1.807) is 6.20 Å². The second-order valence-electron chi connectivity index (χ2n) is 5.56. The Morgan fingerprint density at radius 2 is 2.16 bits per heavy atom. The number of amides is 1. The number of nitrogens with zero attached hydrogens (tertiary/aromatic N) is 1. The minimum atomic E-state index is -0.267. The van der Waals surface area contributed by atoms with Gasteiger partial charge in [0.05, 0.1) is 0 Å². The number of hydrogen-bond acceptors (Lipinski definition) is 3. The summed E-state index contributed by atoms with van der Waals surface area (Å²) in [6.07, 6.45) is 10.4. The van der Waals surface area contributed by atoms with Crippen molar-refractivity contribution in [3.63, 3.8) is 0 Å². The van der Waals surface area contributed by atoms with Crippen molar-refractivity contribution in [3.05, 3.63) is 30.1 Å². The summed E-state index contributed by atoms with van der Waals surface area (Å²) >= 11 is 0. The first-order valence-corrected chi connectivity index (χ1v) is 7.12. The number of hydrogen-bond donors (Lipinski definition) is 2. The van der Waals surface area contributed by atoms with Crippen LogP contribution in [0.15, 0.2) is 24.5 Å². The molecule has 0 atom stereocenters. The number of nitrogens with one attached hydrogen (secondary N) is 1. The Morgan fingerprint density at radius 1 is 1.37 bits per heavy atom. The van der Waals surface area contributed by atoms with Gasteiger partial charge >= 0.3 is 0 Å². The highest BCUT2D eigenvalue weighted by Crippen LogP contribution is 2.28. The maximum atomic E-state index is 11.9. The molecule has 3 N–H and O–H groups in total. The highest BCUT2D eigenvalue weighted by Gasteiger charge is 2.29. The molecular formula is C15H23N3O. The van der Waals surface area contributed by atoms with Gasteiger partial charge in [0.2, 0.25) is 5.91 Å². The molecule has 0 aromatic carbocycles. The van der Waals surface area contributed by atoms with E-state index >= 15 is 0 Å². The summed E-state index contributed by atoms with van der Waals surface area (Å²) in [4.78, 5) is 16.0. The van der Waals surface area contributed by atoms with Crippen LogP contribution in [0.25, 0.3) is 0 Å². The van der Waals surface area contributed by atoms with Gasteiger partial charge in [-0.05, 0) is 30.9 Å². The number of aromatic nitrogens is 1. The maximum absolute atomic E-state index is 11.9. The molecule has 1 amide bonds. The summed E-state index contributed by atoms with van der Waals surface area (Å²) < 4.78 is 0. The molecule has 1 aromatic heterocycles. The maximum Gasteiger partial charge on any atom is 0.221 e. The highest BCUT2D eigenvalue weighted by molar-refractivity contribution is 5.77. The third-order valence-electron chi connectivity index (χ3n) is 3.82. The van der Waals surface area contributed by atoms with Crippen molar-refractivity contribution in [2.75, 3.05) is 6.54 Å². The number of pyridine rings is 1. The van der Waals surface area contributed by atoms with E-state index in [1.807, 2.05) is 18.3 Å². The summed E-state index contributed by atoms with van der Waals surface area (Å²) in [7, 11) is 0. The van der Waals surface area contributed by atoms with Crippen LogP contribution in [0.4, 0.5) is 0 Å². The summed E-state index contributed by atoms with van der Waals surface area (Å²) in [5.41, 5.74) is 7.15. The van der Waals surface area contributed by atoms with Gasteiger partial charge in [-0.1, -0.05) is 25.3 Å². The molecule has 0 radical (unpaired) electrons. The van der Waals surface area contributed by atoms with E-state index in [0.717, 1.165) is 37.7 Å². The third kappa shape index (κ3) is 4.63. The van der Waals surface area contributed by atoms with E-state index in [-0.39, 0.29) is 11.4 Å². The molecule has 19 heavy (non-hydrogen) atoms. The van der Waals surface area contributed by atoms with Crippen LogP contribution in [-0.4, -0.2) is 23.0 Å². The van der Waals surface area contributed by atoms with Gasteiger partial charge in [0, 0.05) is 30.9 Å². The Bertz CT molecular complexity index is 399. The van der Waals surface area contributed by atoms with Crippen LogP contribution < -0.4 is 11.1 Å². The summed E-state index contributed by atoms with van der Waals surface area (Å²) in [5, 5.41) is 2.96. The minimum absolute atomic E-state index is 0.0771. The van der Waals surface area contributed by atoms with Crippen LogP contribution in [0.5, 0.6) is 0 Å². The van der Waals surface area contributed by atoms with Gasteiger partial charge in [-0.3, -0.25) is 9.78 Å². The van der Waals surface area contributed by atoms with Crippen molar-refractivity contribution in [1.82, 2.24) is 10.3 Å². The lowest BCUT2D eigenvalue weighted by Gasteiger charge is -2.32. The van der Waals surface area contributed by atoms with Crippen molar-refractivity contribution >= 4 is 5.91 Å². The van der Waals surface area contributed by atoms with Crippen molar-refractivity contribution in [2.24, 2.45) is 5.73 Å². The monoisotopic (exact) mass is 261 g/mol. The molecule has 2 rings (SSSR count). The van der Waals surface area contributed by atoms with Crippen LogP contribution in [0, 0.1) is 0 Å². The second kappa shape index (κ2) is 6.66. The molecule has 0 spiro atoms. The molecule has 4 nitrogen and oxygen atoms in total. The van der Waals surface area contributed by atoms with E-state index in [1.165, 1.54) is 6.42 Å². The van der Waals surface area contributed by atoms with Crippen molar-refractivity contribution in [2.45, 2.75) is 50.5 Å². The lowest BCUT2D eigenvalue weighted by atomic mass is 9.80. The number of carbonyl (C=O) groups is 1. The zero-order chi connectivity index (χ0) is 13.6. The molecule has 1 aliphatic carbocycles. The van der Waals surface area contributed by atoms with Gasteiger partial charge < -0.3 is 11.1 Å². The average Bonchev–Trinajstić information content (AvgIpc) is 2.40. The standard InChI is InChI=1S/C15H23N3O/c16-15(7-2-1-3-8-15)11-14(19)18-10-6-13-5-4-9-17-12-13/h4-5,9,12H,1-3,6-8,10-11,16H2,(H,18,19). The zero-order valence-corrected chi connectivity index (χ0v) is 11.4. The van der Waals surface area contributed by atoms with Gasteiger partial charge in [0.25, 0.3) is 0 Å². The smallest absolute Gasteiger partial charge is 0.221 e. The molecule has 0 saturated heterocycles. The topological polar surface area (TPSA) is 68.0 Å². The molecule has 1 aliphatic rings. The Balaban J connectivity index is 1.70. The molecule has 0 bridgehead atoms. The highest BCUT2D eigenvalue weighted by atomic mass is 16.1. The van der Waals surface area contributed by atoms with E-state index < -0.39 is 0 Å². The van der Waals surface area contributed by atoms with E-state index in [4.69, 9.17) is 5.73 Å². The SMILES string of the molecule is NC1(CC(=O)NCCc2cccnc2)CCCCC1. The Hall–Kier alpha value is -1.42. The average molecular weight is 261 g/mol. The second-order valence-corrected chi connectivity index (χ2v) is 5.56. The predicted molar refractivity (Wildman–Crippen MR) is 75.6 cm³/mol. The molecule has 1 aromatic rings. The van der Waals surface area contributed by atoms with Crippen molar-refractivity contribution < 1.29 is 4.79 Å². The predicted octanol–water partition coefficient (Wildman–Crippen LogP) is 1.79. The molecular weight excluding hydrogens is 238 g/mol. The molecule has 1 fully saturated rings. The molecule has 1 saturated carbocycles. The molecule has 104 valence electrons. The lowest BCUT2D eigenvalue weighted by molar-refractivity contribution is -0.122. The zero-order valence-electron chi connectivity index (χ0n) is 11.4. The van der Waals surface area contributed by atoms with E-state index in [9.17, 15) is 4.79 Å². The Kier molecular flexibility index (Phi) is 4.91. The molecule has 0 aliphatic heterocycles. The fourth-order valence-corrected chi connectivity index (χ4v) is 2.71. The normalized spacial score (nSPS) is 17.9. The molecule has 0 unspecified atom stereocenters. The van der Waals surface area contributed by atoms with Crippen LogP contribution in [0.3, 0.4) is 0 Å². The van der Waals surface area contributed by atoms with Gasteiger partial charge in [0.1, 0.15) is 0 Å². The first kappa shape index (κ1) is 14.0. The summed E-state index contributed by atoms with van der Waals surface area (Å²) in [6.45, 7) is 0.653. The van der Waals surface area contributed by atoms with Crippen molar-refractivity contribution in [3.8, 4) is 0 Å². The van der Waals surface area contributed by atoms with Gasteiger partial charge in [-0.25, -0.2) is 0 Å². The lowest BCUT2D eigenvalue weighted by Crippen LogP contribution is -2.46. The summed E-state index contributed by atoms with van der Waals surface area (Å²) in [5.74, 6) is 0.0771. The molecule has 1 heterocycles. The van der Waals surface area contributed by atoms with Crippen molar-refractivity contribution in [1.29, 1.82) is 0 Å². The van der Waals surface area contributed by atoms with Crippen LogP contribution in [-0.2, 0) is 11.2 Å².